The molecular formula is C23H26N2O4S. The van der Waals surface area contributed by atoms with Gasteiger partial charge in [-0.3, -0.25) is 14.4 Å². The van der Waals surface area contributed by atoms with Crippen molar-refractivity contribution in [3.8, 4) is 5.75 Å². The number of ether oxygens (including phenoxy) is 1. The summed E-state index contributed by atoms with van der Waals surface area (Å²) in [5.74, 6) is 1.25. The maximum Gasteiger partial charge on any atom is 0.248 e. The van der Waals surface area contributed by atoms with Crippen molar-refractivity contribution in [2.45, 2.75) is 32.2 Å². The number of benzene rings is 2. The number of rotatable bonds is 8. The van der Waals surface area contributed by atoms with Crippen molar-refractivity contribution < 1.29 is 19.1 Å². The molecular weight excluding hydrogens is 400 g/mol. The summed E-state index contributed by atoms with van der Waals surface area (Å²) in [4.78, 5) is 39.4. The largest absolute Gasteiger partial charge is 0.497 e. The zero-order chi connectivity index (χ0) is 21.5. The van der Waals surface area contributed by atoms with Gasteiger partial charge in [-0.25, -0.2) is 0 Å². The normalized spacial score (nSPS) is 15.7. The van der Waals surface area contributed by atoms with Crippen LogP contribution >= 0.6 is 11.8 Å². The van der Waals surface area contributed by atoms with E-state index in [-0.39, 0.29) is 30.4 Å². The molecule has 0 spiro atoms. The highest BCUT2D eigenvalue weighted by Crippen LogP contribution is 2.24. The molecule has 0 saturated carbocycles. The maximum absolute atomic E-state index is 12.7. The molecule has 1 aliphatic rings. The van der Waals surface area contributed by atoms with Crippen molar-refractivity contribution in [3.63, 3.8) is 0 Å². The van der Waals surface area contributed by atoms with Crippen LogP contribution in [0.5, 0.6) is 5.75 Å². The van der Waals surface area contributed by atoms with Crippen LogP contribution in [0.15, 0.2) is 48.5 Å². The Morgan fingerprint density at radius 2 is 1.77 bits per heavy atom. The Morgan fingerprint density at radius 3 is 2.40 bits per heavy atom. The fraction of sp³-hybridized carbons (Fsp3) is 0.348. The zero-order valence-electron chi connectivity index (χ0n) is 17.2. The molecule has 1 aliphatic heterocycles. The molecule has 158 valence electrons. The van der Waals surface area contributed by atoms with Crippen LogP contribution in [0.3, 0.4) is 0 Å². The molecule has 2 aromatic carbocycles. The molecule has 3 rings (SSSR count). The third kappa shape index (κ3) is 5.42. The van der Waals surface area contributed by atoms with Crippen LogP contribution in [-0.4, -0.2) is 47.3 Å². The molecule has 0 radical (unpaired) electrons. The molecule has 1 saturated heterocycles. The van der Waals surface area contributed by atoms with Gasteiger partial charge in [-0.05, 0) is 36.2 Å². The maximum atomic E-state index is 12.7. The number of amides is 2. The number of aryl methyl sites for hydroxylation is 1. The highest BCUT2D eigenvalue weighted by atomic mass is 32.2. The van der Waals surface area contributed by atoms with Crippen molar-refractivity contribution in [1.29, 1.82) is 0 Å². The number of methoxy groups -OCH3 is 1. The second-order valence-electron chi connectivity index (χ2n) is 7.07. The first-order valence-corrected chi connectivity index (χ1v) is 11.1. The summed E-state index contributed by atoms with van der Waals surface area (Å²) in [6, 6.07) is 14.0. The Hall–Kier alpha value is -2.80. The van der Waals surface area contributed by atoms with E-state index in [0.717, 1.165) is 6.42 Å². The Kier molecular flexibility index (Phi) is 7.52. The lowest BCUT2D eigenvalue weighted by atomic mass is 10.0. The Labute approximate surface area is 181 Å². The van der Waals surface area contributed by atoms with Gasteiger partial charge in [0.25, 0.3) is 0 Å². The second kappa shape index (κ2) is 10.3. The van der Waals surface area contributed by atoms with E-state index in [2.05, 4.69) is 12.2 Å². The molecule has 6 nitrogen and oxygen atoms in total. The van der Waals surface area contributed by atoms with Gasteiger partial charge in [0.15, 0.2) is 5.78 Å². The van der Waals surface area contributed by atoms with Crippen LogP contribution < -0.4 is 10.1 Å². The summed E-state index contributed by atoms with van der Waals surface area (Å²) in [6.45, 7) is 2.06. The molecule has 1 fully saturated rings. The molecule has 1 atom stereocenters. The fourth-order valence-corrected chi connectivity index (χ4v) is 4.42. The van der Waals surface area contributed by atoms with Crippen LogP contribution in [0.4, 0.5) is 5.69 Å². The van der Waals surface area contributed by atoms with Crippen LogP contribution in [0.1, 0.15) is 35.7 Å². The summed E-state index contributed by atoms with van der Waals surface area (Å²) in [5.41, 5.74) is 2.43. The average molecular weight is 427 g/mol. The number of Topliss-reactive ketones (excluding diaryl/α,β-unsaturated/α-hetero) is 1. The van der Waals surface area contributed by atoms with Crippen LogP contribution in [0, 0.1) is 0 Å². The number of hydrogen-bond donors (Lipinski definition) is 1. The third-order valence-electron chi connectivity index (χ3n) is 5.11. The number of nitrogens with zero attached hydrogens (tertiary/aromatic N) is 1. The first kappa shape index (κ1) is 21.9. The first-order chi connectivity index (χ1) is 14.5. The summed E-state index contributed by atoms with van der Waals surface area (Å²) in [5, 5.41) is 2.85. The van der Waals surface area contributed by atoms with Gasteiger partial charge in [-0.2, -0.15) is 0 Å². The predicted molar refractivity (Wildman–Crippen MR) is 119 cm³/mol. The van der Waals surface area contributed by atoms with Gasteiger partial charge in [0.05, 0.1) is 13.0 Å². The molecule has 0 aromatic heterocycles. The Morgan fingerprint density at radius 1 is 1.07 bits per heavy atom. The molecule has 30 heavy (non-hydrogen) atoms. The van der Waals surface area contributed by atoms with E-state index in [9.17, 15) is 14.4 Å². The van der Waals surface area contributed by atoms with Crippen molar-refractivity contribution >= 4 is 35.0 Å². The van der Waals surface area contributed by atoms with Gasteiger partial charge in [0, 0.05) is 29.8 Å². The second-order valence-corrected chi connectivity index (χ2v) is 8.07. The van der Waals surface area contributed by atoms with E-state index in [1.54, 1.807) is 36.3 Å². The average Bonchev–Trinajstić information content (AvgIpc) is 3.28. The van der Waals surface area contributed by atoms with E-state index in [4.69, 9.17) is 4.74 Å². The summed E-state index contributed by atoms with van der Waals surface area (Å²) >= 11 is 1.54. The monoisotopic (exact) mass is 426 g/mol. The first-order valence-electron chi connectivity index (χ1n) is 9.96. The Bertz CT molecular complexity index is 896. The Balaban J connectivity index is 1.55. The minimum absolute atomic E-state index is 0.0583. The number of carbonyl (C=O) groups is 3. The van der Waals surface area contributed by atoms with E-state index in [1.165, 1.54) is 17.3 Å². The summed E-state index contributed by atoms with van der Waals surface area (Å²) in [7, 11) is 1.58. The standard InChI is InChI=1S/C23H26N2O4S/c1-3-16-4-6-17(7-5-16)21(26)12-13-22(27)25-15-30-14-20(25)23(28)24-18-8-10-19(29-2)11-9-18/h4-11,20H,3,12-15H2,1-2H3,(H,24,28). The lowest BCUT2D eigenvalue weighted by molar-refractivity contribution is -0.136. The summed E-state index contributed by atoms with van der Waals surface area (Å²) < 4.78 is 5.12. The van der Waals surface area contributed by atoms with Crippen molar-refractivity contribution in [1.82, 2.24) is 4.90 Å². The minimum atomic E-state index is -0.538. The van der Waals surface area contributed by atoms with E-state index in [0.29, 0.717) is 28.6 Å². The van der Waals surface area contributed by atoms with Gasteiger partial charge < -0.3 is 15.0 Å². The predicted octanol–water partition coefficient (Wildman–Crippen LogP) is 3.76. The molecule has 7 heteroatoms. The number of carbonyl (C=O) groups excluding carboxylic acids is 3. The lowest BCUT2D eigenvalue weighted by Gasteiger charge is -2.23. The highest BCUT2D eigenvalue weighted by molar-refractivity contribution is 7.99. The number of hydrogen-bond acceptors (Lipinski definition) is 5. The van der Waals surface area contributed by atoms with Crippen LogP contribution in [0.2, 0.25) is 0 Å². The van der Waals surface area contributed by atoms with Gasteiger partial charge >= 0.3 is 0 Å². The van der Waals surface area contributed by atoms with Crippen molar-refractivity contribution in [2.24, 2.45) is 0 Å². The van der Waals surface area contributed by atoms with E-state index < -0.39 is 6.04 Å². The smallest absolute Gasteiger partial charge is 0.248 e. The van der Waals surface area contributed by atoms with E-state index in [1.807, 2.05) is 24.3 Å². The third-order valence-corrected chi connectivity index (χ3v) is 6.13. The van der Waals surface area contributed by atoms with E-state index >= 15 is 0 Å². The summed E-state index contributed by atoms with van der Waals surface area (Å²) in [6.07, 6.45) is 1.15. The van der Waals surface area contributed by atoms with Crippen molar-refractivity contribution in [2.75, 3.05) is 24.1 Å². The van der Waals surface area contributed by atoms with Gasteiger partial charge in [0.2, 0.25) is 11.8 Å². The van der Waals surface area contributed by atoms with Gasteiger partial charge in [-0.1, -0.05) is 31.2 Å². The molecule has 1 N–H and O–H groups in total. The molecule has 1 heterocycles. The molecule has 2 aromatic rings. The van der Waals surface area contributed by atoms with Crippen LogP contribution in [0.25, 0.3) is 0 Å². The highest BCUT2D eigenvalue weighted by Gasteiger charge is 2.34. The minimum Gasteiger partial charge on any atom is -0.497 e. The molecule has 0 aliphatic carbocycles. The molecule has 0 bridgehead atoms. The SMILES string of the molecule is CCc1ccc(C(=O)CCC(=O)N2CSCC2C(=O)Nc2ccc(OC)cc2)cc1. The zero-order valence-corrected chi connectivity index (χ0v) is 18.0. The number of thioether (sulfide) groups is 1. The quantitative estimate of drug-likeness (QED) is 0.651. The molecule has 1 unspecified atom stereocenters. The topological polar surface area (TPSA) is 75.7 Å². The fourth-order valence-electron chi connectivity index (χ4n) is 3.24. The molecule has 2 amide bonds. The van der Waals surface area contributed by atoms with Crippen LogP contribution in [-0.2, 0) is 16.0 Å². The van der Waals surface area contributed by atoms with Gasteiger partial charge in [0.1, 0.15) is 11.8 Å². The number of anilines is 1. The number of nitrogens with one attached hydrogen (secondary N) is 1. The number of ketones is 1. The van der Waals surface area contributed by atoms with Gasteiger partial charge in [-0.15, -0.1) is 11.8 Å². The van der Waals surface area contributed by atoms with Crippen molar-refractivity contribution in [3.05, 3.63) is 59.7 Å². The lowest BCUT2D eigenvalue weighted by Crippen LogP contribution is -2.44.